The van der Waals surface area contributed by atoms with Crippen LogP contribution in [0.2, 0.25) is 5.02 Å². The number of benzene rings is 3. The van der Waals surface area contributed by atoms with Crippen LogP contribution in [0.15, 0.2) is 78.9 Å². The zero-order chi connectivity index (χ0) is 23.6. The van der Waals surface area contributed by atoms with Crippen LogP contribution in [0.1, 0.15) is 17.2 Å². The molecule has 0 aliphatic carbocycles. The number of carbonyl (C=O) groups is 2. The van der Waals surface area contributed by atoms with Gasteiger partial charge in [0, 0.05) is 13.1 Å². The summed E-state index contributed by atoms with van der Waals surface area (Å²) in [7, 11) is 0. The first-order valence-corrected chi connectivity index (χ1v) is 10.7. The Morgan fingerprint density at radius 3 is 2.33 bits per heavy atom. The summed E-state index contributed by atoms with van der Waals surface area (Å²) in [5.41, 5.74) is 1.22. The number of nitrogens with zero attached hydrogens (tertiary/aromatic N) is 1. The highest BCUT2D eigenvalue weighted by molar-refractivity contribution is 6.32. The quantitative estimate of drug-likeness (QED) is 0.473. The van der Waals surface area contributed by atoms with Crippen molar-refractivity contribution in [3.63, 3.8) is 0 Å². The molecule has 2 N–H and O–H groups in total. The van der Waals surface area contributed by atoms with Crippen molar-refractivity contribution in [2.75, 3.05) is 19.8 Å². The number of amides is 2. The standard InChI is InChI=1S/C25H24ClFN2O4/c26-21-8-4-5-9-22(21)33-17-23(31)29(16-18-10-12-20(27)13-11-18)24(25(32)28-14-15-30)19-6-2-1-3-7-19/h1-13,24,30H,14-17H2,(H,28,32)/t24-/m0/s1. The van der Waals surface area contributed by atoms with Gasteiger partial charge in [-0.1, -0.05) is 66.2 Å². The van der Waals surface area contributed by atoms with E-state index < -0.39 is 23.7 Å². The molecule has 2 amide bonds. The third-order valence-electron chi connectivity index (χ3n) is 4.86. The number of carbonyl (C=O) groups excluding carboxylic acids is 2. The van der Waals surface area contributed by atoms with Crippen molar-refractivity contribution in [3.8, 4) is 5.75 Å². The Bertz CT molecular complexity index is 1060. The summed E-state index contributed by atoms with van der Waals surface area (Å²) in [4.78, 5) is 27.8. The number of aliphatic hydroxyl groups excluding tert-OH is 1. The molecule has 0 spiro atoms. The Labute approximate surface area is 196 Å². The molecule has 0 fully saturated rings. The van der Waals surface area contributed by atoms with Crippen molar-refractivity contribution in [2.45, 2.75) is 12.6 Å². The number of rotatable bonds is 10. The van der Waals surface area contributed by atoms with Crippen LogP contribution in [0.5, 0.6) is 5.75 Å². The van der Waals surface area contributed by atoms with Crippen LogP contribution in [-0.4, -0.2) is 41.6 Å². The third kappa shape index (κ3) is 6.78. The second kappa shape index (κ2) is 12.0. The average Bonchev–Trinajstić information content (AvgIpc) is 2.83. The minimum atomic E-state index is -0.995. The molecule has 3 aromatic rings. The molecular formula is C25H24ClFN2O4. The topological polar surface area (TPSA) is 78.9 Å². The lowest BCUT2D eigenvalue weighted by molar-refractivity contribution is -0.143. The molecule has 33 heavy (non-hydrogen) atoms. The molecule has 0 saturated heterocycles. The van der Waals surface area contributed by atoms with Gasteiger partial charge in [0.1, 0.15) is 17.6 Å². The SMILES string of the molecule is O=C(NCCO)[C@H](c1ccccc1)N(Cc1ccc(F)cc1)C(=O)COc1ccccc1Cl. The summed E-state index contributed by atoms with van der Waals surface area (Å²) in [6, 6.07) is 20.3. The Hall–Kier alpha value is -3.42. The van der Waals surface area contributed by atoms with Gasteiger partial charge in [0.25, 0.3) is 5.91 Å². The number of nitrogens with one attached hydrogen (secondary N) is 1. The molecular weight excluding hydrogens is 447 g/mol. The van der Waals surface area contributed by atoms with Gasteiger partial charge in [-0.3, -0.25) is 9.59 Å². The number of aliphatic hydroxyl groups is 1. The van der Waals surface area contributed by atoms with Crippen LogP contribution in [0.25, 0.3) is 0 Å². The van der Waals surface area contributed by atoms with Gasteiger partial charge in [-0.25, -0.2) is 4.39 Å². The average molecular weight is 471 g/mol. The van der Waals surface area contributed by atoms with E-state index in [-0.39, 0.29) is 26.3 Å². The molecule has 0 aliphatic rings. The van der Waals surface area contributed by atoms with Crippen molar-refractivity contribution in [1.29, 1.82) is 0 Å². The molecule has 172 valence electrons. The van der Waals surface area contributed by atoms with Crippen LogP contribution in [0.3, 0.4) is 0 Å². The lowest BCUT2D eigenvalue weighted by atomic mass is 10.0. The highest BCUT2D eigenvalue weighted by Gasteiger charge is 2.31. The second-order valence-corrected chi connectivity index (χ2v) is 7.60. The lowest BCUT2D eigenvalue weighted by Crippen LogP contribution is -2.45. The normalized spacial score (nSPS) is 11.5. The van der Waals surface area contributed by atoms with Crippen LogP contribution in [-0.2, 0) is 16.1 Å². The number of para-hydroxylation sites is 1. The zero-order valence-electron chi connectivity index (χ0n) is 17.8. The Morgan fingerprint density at radius 2 is 1.67 bits per heavy atom. The maximum Gasteiger partial charge on any atom is 0.261 e. The van der Waals surface area contributed by atoms with Crippen LogP contribution < -0.4 is 10.1 Å². The predicted octanol–water partition coefficient (Wildman–Crippen LogP) is 3.74. The minimum Gasteiger partial charge on any atom is -0.482 e. The minimum absolute atomic E-state index is 0.0386. The summed E-state index contributed by atoms with van der Waals surface area (Å²) in [5, 5.41) is 12.1. The van der Waals surface area contributed by atoms with E-state index in [9.17, 15) is 14.0 Å². The third-order valence-corrected chi connectivity index (χ3v) is 5.17. The molecule has 0 aromatic heterocycles. The van der Waals surface area contributed by atoms with E-state index >= 15 is 0 Å². The fourth-order valence-corrected chi connectivity index (χ4v) is 3.47. The molecule has 0 saturated carbocycles. The fraction of sp³-hybridized carbons (Fsp3) is 0.200. The molecule has 3 rings (SSSR count). The zero-order valence-corrected chi connectivity index (χ0v) is 18.5. The summed E-state index contributed by atoms with van der Waals surface area (Å²) in [6.07, 6.45) is 0. The summed E-state index contributed by atoms with van der Waals surface area (Å²) >= 11 is 6.12. The molecule has 8 heteroatoms. The van der Waals surface area contributed by atoms with Gasteiger partial charge in [0.05, 0.1) is 11.6 Å². The molecule has 6 nitrogen and oxygen atoms in total. The van der Waals surface area contributed by atoms with Crippen LogP contribution >= 0.6 is 11.6 Å². The van der Waals surface area contributed by atoms with Crippen LogP contribution in [0, 0.1) is 5.82 Å². The van der Waals surface area contributed by atoms with Crippen molar-refractivity contribution in [3.05, 3.63) is 101 Å². The van der Waals surface area contributed by atoms with Gasteiger partial charge in [-0.05, 0) is 35.4 Å². The van der Waals surface area contributed by atoms with Crippen molar-refractivity contribution < 1.29 is 23.8 Å². The fourth-order valence-electron chi connectivity index (χ4n) is 3.28. The smallest absolute Gasteiger partial charge is 0.261 e. The summed E-state index contributed by atoms with van der Waals surface area (Å²) < 4.78 is 19.0. The highest BCUT2D eigenvalue weighted by atomic mass is 35.5. The molecule has 0 radical (unpaired) electrons. The molecule has 0 unspecified atom stereocenters. The van der Waals surface area contributed by atoms with E-state index in [0.717, 1.165) is 0 Å². The molecule has 1 atom stereocenters. The highest BCUT2D eigenvalue weighted by Crippen LogP contribution is 2.26. The van der Waals surface area contributed by atoms with E-state index in [1.165, 1.54) is 17.0 Å². The van der Waals surface area contributed by atoms with E-state index in [2.05, 4.69) is 5.32 Å². The Kier molecular flexibility index (Phi) is 8.80. The molecule has 3 aromatic carbocycles. The van der Waals surface area contributed by atoms with E-state index in [1.54, 1.807) is 66.7 Å². The molecule has 0 bridgehead atoms. The lowest BCUT2D eigenvalue weighted by Gasteiger charge is -2.31. The first kappa shape index (κ1) is 24.2. The summed E-state index contributed by atoms with van der Waals surface area (Å²) in [5.74, 6) is -0.982. The van der Waals surface area contributed by atoms with E-state index in [1.807, 2.05) is 0 Å². The maximum atomic E-state index is 13.4. The monoisotopic (exact) mass is 470 g/mol. The first-order valence-electron chi connectivity index (χ1n) is 10.3. The van der Waals surface area contributed by atoms with Crippen molar-refractivity contribution in [1.82, 2.24) is 10.2 Å². The second-order valence-electron chi connectivity index (χ2n) is 7.20. The van der Waals surface area contributed by atoms with Crippen molar-refractivity contribution >= 4 is 23.4 Å². The predicted molar refractivity (Wildman–Crippen MR) is 123 cm³/mol. The number of halogens is 2. The number of hydrogen-bond donors (Lipinski definition) is 2. The van der Waals surface area contributed by atoms with E-state index in [0.29, 0.717) is 21.9 Å². The van der Waals surface area contributed by atoms with Gasteiger partial charge in [0.2, 0.25) is 5.91 Å². The first-order chi connectivity index (χ1) is 16.0. The summed E-state index contributed by atoms with van der Waals surface area (Å²) in [6.45, 7) is -0.524. The Morgan fingerprint density at radius 1 is 1.00 bits per heavy atom. The van der Waals surface area contributed by atoms with Gasteiger partial charge >= 0.3 is 0 Å². The van der Waals surface area contributed by atoms with Crippen molar-refractivity contribution in [2.24, 2.45) is 0 Å². The molecule has 0 aliphatic heterocycles. The van der Waals surface area contributed by atoms with Crippen LogP contribution in [0.4, 0.5) is 4.39 Å². The van der Waals surface area contributed by atoms with Gasteiger partial charge < -0.3 is 20.1 Å². The van der Waals surface area contributed by atoms with Gasteiger partial charge in [0.15, 0.2) is 6.61 Å². The Balaban J connectivity index is 1.93. The van der Waals surface area contributed by atoms with E-state index in [4.69, 9.17) is 21.4 Å². The molecule has 0 heterocycles. The number of hydrogen-bond acceptors (Lipinski definition) is 4. The maximum absolute atomic E-state index is 13.4. The van der Waals surface area contributed by atoms with Gasteiger partial charge in [-0.2, -0.15) is 0 Å². The largest absolute Gasteiger partial charge is 0.482 e. The van der Waals surface area contributed by atoms with Gasteiger partial charge in [-0.15, -0.1) is 0 Å². The number of ether oxygens (including phenoxy) is 1.